The predicted octanol–water partition coefficient (Wildman–Crippen LogP) is 4.18. The summed E-state index contributed by atoms with van der Waals surface area (Å²) in [5, 5.41) is 6.48. The van der Waals surface area contributed by atoms with Crippen LogP contribution >= 0.6 is 11.3 Å². The van der Waals surface area contributed by atoms with Crippen LogP contribution in [0.3, 0.4) is 0 Å². The number of anilines is 1. The van der Waals surface area contributed by atoms with Crippen molar-refractivity contribution >= 4 is 28.3 Å². The van der Waals surface area contributed by atoms with Crippen molar-refractivity contribution in [3.8, 4) is 5.75 Å². The van der Waals surface area contributed by atoms with Crippen LogP contribution in [0.2, 0.25) is 0 Å². The third kappa shape index (κ3) is 5.11. The molecule has 1 aromatic heterocycles. The van der Waals surface area contributed by atoms with Gasteiger partial charge in [-0.15, -0.1) is 11.3 Å². The van der Waals surface area contributed by atoms with Gasteiger partial charge in [0, 0.05) is 17.0 Å². The standard InChI is InChI=1S/C24H25N3O3S/c1-30-18-10-5-7-16(15-18)13-14-25-23(29)19-11-6-12-20-21(19)26-24(31-20)27-22(28)17-8-3-2-4-9-17/h2-5,7-10,15,19H,6,11-14H2,1H3,(H,25,29)(H,26,27,28). The van der Waals surface area contributed by atoms with E-state index in [-0.39, 0.29) is 17.7 Å². The molecule has 31 heavy (non-hydrogen) atoms. The Bertz CT molecular complexity index is 1060. The summed E-state index contributed by atoms with van der Waals surface area (Å²) in [7, 11) is 1.64. The van der Waals surface area contributed by atoms with Crippen molar-refractivity contribution in [2.24, 2.45) is 0 Å². The first-order valence-corrected chi connectivity index (χ1v) is 11.2. The molecule has 160 valence electrons. The Hall–Kier alpha value is -3.19. The molecule has 3 aromatic rings. The minimum absolute atomic E-state index is 0.00455. The molecule has 1 heterocycles. The smallest absolute Gasteiger partial charge is 0.257 e. The normalized spacial score (nSPS) is 15.1. The van der Waals surface area contributed by atoms with E-state index in [1.165, 1.54) is 11.3 Å². The number of hydrogen-bond acceptors (Lipinski definition) is 5. The number of aryl methyl sites for hydroxylation is 1. The molecular formula is C24H25N3O3S. The van der Waals surface area contributed by atoms with Crippen LogP contribution < -0.4 is 15.4 Å². The first-order chi connectivity index (χ1) is 15.1. The molecule has 0 radical (unpaired) electrons. The summed E-state index contributed by atoms with van der Waals surface area (Å²) in [6.45, 7) is 0.555. The maximum atomic E-state index is 12.9. The molecule has 0 bridgehead atoms. The van der Waals surface area contributed by atoms with Crippen LogP contribution in [0.4, 0.5) is 5.13 Å². The topological polar surface area (TPSA) is 80.3 Å². The number of benzene rings is 2. The maximum absolute atomic E-state index is 12.9. The fourth-order valence-electron chi connectivity index (χ4n) is 3.77. The number of fused-ring (bicyclic) bond motifs is 1. The number of thiazole rings is 1. The lowest BCUT2D eigenvalue weighted by molar-refractivity contribution is -0.122. The van der Waals surface area contributed by atoms with Crippen LogP contribution in [-0.2, 0) is 17.6 Å². The van der Waals surface area contributed by atoms with Crippen molar-refractivity contribution in [1.29, 1.82) is 0 Å². The van der Waals surface area contributed by atoms with Crippen LogP contribution in [0, 0.1) is 0 Å². The Kier molecular flexibility index (Phi) is 6.62. The summed E-state index contributed by atoms with van der Waals surface area (Å²) >= 11 is 1.47. The summed E-state index contributed by atoms with van der Waals surface area (Å²) in [5.74, 6) is 0.349. The van der Waals surface area contributed by atoms with Crippen LogP contribution in [0.1, 0.15) is 45.3 Å². The molecule has 1 aliphatic rings. The SMILES string of the molecule is COc1cccc(CCNC(=O)C2CCCc3sc(NC(=O)c4ccccc4)nc32)c1. The molecule has 4 rings (SSSR count). The van der Waals surface area contributed by atoms with Crippen molar-refractivity contribution in [3.63, 3.8) is 0 Å². The number of amides is 2. The van der Waals surface area contributed by atoms with Gasteiger partial charge in [0.05, 0.1) is 18.7 Å². The van der Waals surface area contributed by atoms with E-state index >= 15 is 0 Å². The molecule has 1 unspecified atom stereocenters. The quantitative estimate of drug-likeness (QED) is 0.583. The minimum Gasteiger partial charge on any atom is -0.497 e. The van der Waals surface area contributed by atoms with Crippen molar-refractivity contribution in [2.45, 2.75) is 31.6 Å². The molecule has 7 heteroatoms. The lowest BCUT2D eigenvalue weighted by atomic mass is 9.90. The van der Waals surface area contributed by atoms with Crippen molar-refractivity contribution in [1.82, 2.24) is 10.3 Å². The van der Waals surface area contributed by atoms with Gasteiger partial charge in [0.2, 0.25) is 5.91 Å². The van der Waals surface area contributed by atoms with Crippen LogP contribution in [0.15, 0.2) is 54.6 Å². The highest BCUT2D eigenvalue weighted by molar-refractivity contribution is 7.16. The van der Waals surface area contributed by atoms with Crippen LogP contribution in [0.5, 0.6) is 5.75 Å². The van der Waals surface area contributed by atoms with Gasteiger partial charge in [-0.3, -0.25) is 14.9 Å². The summed E-state index contributed by atoms with van der Waals surface area (Å²) in [6, 6.07) is 16.9. The van der Waals surface area contributed by atoms with Crippen LogP contribution in [-0.4, -0.2) is 30.5 Å². The third-order valence-corrected chi connectivity index (χ3v) is 6.42. The van der Waals surface area contributed by atoms with E-state index in [2.05, 4.69) is 15.6 Å². The number of rotatable bonds is 7. The van der Waals surface area contributed by atoms with Crippen molar-refractivity contribution in [2.75, 3.05) is 19.0 Å². The molecule has 0 spiro atoms. The maximum Gasteiger partial charge on any atom is 0.257 e. The molecule has 1 aliphatic carbocycles. The number of methoxy groups -OCH3 is 1. The Morgan fingerprint density at radius 1 is 1.16 bits per heavy atom. The number of aromatic nitrogens is 1. The first-order valence-electron chi connectivity index (χ1n) is 10.4. The van der Waals surface area contributed by atoms with Crippen molar-refractivity contribution in [3.05, 3.63) is 76.3 Å². The number of nitrogens with one attached hydrogen (secondary N) is 2. The van der Waals surface area contributed by atoms with E-state index in [0.29, 0.717) is 17.2 Å². The van der Waals surface area contributed by atoms with Crippen LogP contribution in [0.25, 0.3) is 0 Å². The monoisotopic (exact) mass is 435 g/mol. The summed E-state index contributed by atoms with van der Waals surface area (Å²) in [5.41, 5.74) is 2.50. The number of carbonyl (C=O) groups is 2. The van der Waals surface area contributed by atoms with Gasteiger partial charge >= 0.3 is 0 Å². The van der Waals surface area contributed by atoms with E-state index in [9.17, 15) is 9.59 Å². The van der Waals surface area contributed by atoms with E-state index < -0.39 is 0 Å². The summed E-state index contributed by atoms with van der Waals surface area (Å²) in [4.78, 5) is 31.0. The molecule has 0 saturated heterocycles. The second-order valence-corrected chi connectivity index (χ2v) is 8.57. The third-order valence-electron chi connectivity index (χ3n) is 5.37. The molecule has 6 nitrogen and oxygen atoms in total. The zero-order chi connectivity index (χ0) is 21.6. The average molecular weight is 436 g/mol. The fraction of sp³-hybridized carbons (Fsp3) is 0.292. The second-order valence-electron chi connectivity index (χ2n) is 7.48. The molecular weight excluding hydrogens is 410 g/mol. The van der Waals surface area contributed by atoms with E-state index in [0.717, 1.165) is 47.6 Å². The summed E-state index contributed by atoms with van der Waals surface area (Å²) < 4.78 is 5.25. The predicted molar refractivity (Wildman–Crippen MR) is 122 cm³/mol. The van der Waals surface area contributed by atoms with Gasteiger partial charge in [-0.25, -0.2) is 4.98 Å². The highest BCUT2D eigenvalue weighted by atomic mass is 32.1. The van der Waals surface area contributed by atoms with Gasteiger partial charge in [0.15, 0.2) is 5.13 Å². The van der Waals surface area contributed by atoms with Gasteiger partial charge < -0.3 is 10.1 Å². The van der Waals surface area contributed by atoms with Gasteiger partial charge in [0.25, 0.3) is 5.91 Å². The zero-order valence-electron chi connectivity index (χ0n) is 17.4. The minimum atomic E-state index is -0.271. The van der Waals surface area contributed by atoms with Gasteiger partial charge in [0.1, 0.15) is 5.75 Å². The van der Waals surface area contributed by atoms with Crippen molar-refractivity contribution < 1.29 is 14.3 Å². The number of hydrogen-bond donors (Lipinski definition) is 2. The Morgan fingerprint density at radius 2 is 2.00 bits per heavy atom. The molecule has 0 fully saturated rings. The molecule has 2 amide bonds. The molecule has 0 saturated carbocycles. The Labute approximate surface area is 185 Å². The highest BCUT2D eigenvalue weighted by Gasteiger charge is 2.30. The molecule has 1 atom stereocenters. The molecule has 0 aliphatic heterocycles. The largest absolute Gasteiger partial charge is 0.497 e. The number of nitrogens with zero attached hydrogens (tertiary/aromatic N) is 1. The summed E-state index contributed by atoms with van der Waals surface area (Å²) in [6.07, 6.45) is 3.34. The molecule has 2 N–H and O–H groups in total. The fourth-order valence-corrected chi connectivity index (χ4v) is 4.83. The number of carbonyl (C=O) groups excluding carboxylic acids is 2. The lowest BCUT2D eigenvalue weighted by Crippen LogP contribution is -2.32. The van der Waals surface area contributed by atoms with E-state index in [1.807, 2.05) is 42.5 Å². The lowest BCUT2D eigenvalue weighted by Gasteiger charge is -2.20. The zero-order valence-corrected chi connectivity index (χ0v) is 18.2. The Balaban J connectivity index is 1.38. The van der Waals surface area contributed by atoms with E-state index in [1.54, 1.807) is 19.2 Å². The van der Waals surface area contributed by atoms with Gasteiger partial charge in [-0.2, -0.15) is 0 Å². The molecule has 2 aromatic carbocycles. The van der Waals surface area contributed by atoms with E-state index in [4.69, 9.17) is 4.74 Å². The Morgan fingerprint density at radius 3 is 2.81 bits per heavy atom. The highest BCUT2D eigenvalue weighted by Crippen LogP contribution is 2.37. The second kappa shape index (κ2) is 9.75. The number of ether oxygens (including phenoxy) is 1. The van der Waals surface area contributed by atoms with Gasteiger partial charge in [-0.1, -0.05) is 30.3 Å². The average Bonchev–Trinajstić information content (AvgIpc) is 3.22. The first kappa shape index (κ1) is 21.1. The van der Waals surface area contributed by atoms with Gasteiger partial charge in [-0.05, 0) is 55.5 Å².